The number of nitrogens with one attached hydrogen (secondary N) is 1. The maximum atomic E-state index is 12.7. The molecular weight excluding hydrogens is 157 g/mol. The summed E-state index contributed by atoms with van der Waals surface area (Å²) in [4.78, 5) is 0. The van der Waals surface area contributed by atoms with E-state index in [0.29, 0.717) is 5.56 Å². The Morgan fingerprint density at radius 1 is 1.50 bits per heavy atom. The summed E-state index contributed by atoms with van der Waals surface area (Å²) in [6.07, 6.45) is 0.969. The lowest BCUT2D eigenvalue weighted by atomic mass is 9.97. The molecule has 2 nitrogen and oxygen atoms in total. The molecule has 64 valence electrons. The largest absolute Gasteiger partial charge is 0.508 e. The molecule has 0 radical (unpaired) electrons. The zero-order valence-electron chi connectivity index (χ0n) is 6.55. The Balaban J connectivity index is 2.34. The first-order valence-electron chi connectivity index (χ1n) is 3.99. The fourth-order valence-corrected chi connectivity index (χ4v) is 1.36. The highest BCUT2D eigenvalue weighted by molar-refractivity contribution is 5.36. The van der Waals surface area contributed by atoms with Crippen molar-refractivity contribution in [2.75, 3.05) is 6.54 Å². The Labute approximate surface area is 70.0 Å². The van der Waals surface area contributed by atoms with E-state index in [1.54, 1.807) is 0 Å². The molecule has 1 aliphatic rings. The summed E-state index contributed by atoms with van der Waals surface area (Å²) in [5.74, 6) is -0.120. The van der Waals surface area contributed by atoms with Gasteiger partial charge in [0.05, 0.1) is 0 Å². The van der Waals surface area contributed by atoms with Gasteiger partial charge in [0.15, 0.2) is 0 Å². The summed E-state index contributed by atoms with van der Waals surface area (Å²) in [5.41, 5.74) is 0.668. The molecule has 1 unspecified atom stereocenters. The molecule has 0 spiro atoms. The number of halogens is 1. The molecule has 2 N–H and O–H groups in total. The summed E-state index contributed by atoms with van der Waals surface area (Å²) in [6, 6.07) is 4.18. The molecule has 3 heteroatoms. The van der Waals surface area contributed by atoms with Gasteiger partial charge >= 0.3 is 0 Å². The Morgan fingerprint density at radius 2 is 2.25 bits per heavy atom. The van der Waals surface area contributed by atoms with Crippen molar-refractivity contribution in [3.05, 3.63) is 29.6 Å². The summed E-state index contributed by atoms with van der Waals surface area (Å²) < 4.78 is 12.7. The zero-order valence-corrected chi connectivity index (χ0v) is 6.55. The van der Waals surface area contributed by atoms with Crippen LogP contribution in [0, 0.1) is 5.82 Å². The first-order chi connectivity index (χ1) is 5.77. The number of aromatic hydroxyl groups is 1. The van der Waals surface area contributed by atoms with Crippen LogP contribution in [0.25, 0.3) is 0 Å². The van der Waals surface area contributed by atoms with Gasteiger partial charge in [0, 0.05) is 11.6 Å². The quantitative estimate of drug-likeness (QED) is 0.665. The van der Waals surface area contributed by atoms with Gasteiger partial charge in [-0.3, -0.25) is 0 Å². The van der Waals surface area contributed by atoms with Crippen molar-refractivity contribution in [1.29, 1.82) is 0 Å². The van der Waals surface area contributed by atoms with Crippen LogP contribution in [0.5, 0.6) is 5.75 Å². The topological polar surface area (TPSA) is 32.3 Å². The molecule has 1 aromatic carbocycles. The fraction of sp³-hybridized carbons (Fsp3) is 0.333. The SMILES string of the molecule is Oc1ccc(F)cc1C1CCN1. The molecule has 0 aliphatic carbocycles. The minimum atomic E-state index is -0.295. The second kappa shape index (κ2) is 2.75. The van der Waals surface area contributed by atoms with Crippen molar-refractivity contribution in [3.8, 4) is 5.75 Å². The monoisotopic (exact) mass is 167 g/mol. The van der Waals surface area contributed by atoms with E-state index in [2.05, 4.69) is 5.32 Å². The average molecular weight is 167 g/mol. The van der Waals surface area contributed by atoms with Gasteiger partial charge < -0.3 is 10.4 Å². The van der Waals surface area contributed by atoms with E-state index >= 15 is 0 Å². The molecule has 2 rings (SSSR count). The highest BCUT2D eigenvalue weighted by atomic mass is 19.1. The first kappa shape index (κ1) is 7.55. The van der Waals surface area contributed by atoms with Crippen molar-refractivity contribution in [3.63, 3.8) is 0 Å². The highest BCUT2D eigenvalue weighted by Gasteiger charge is 2.21. The predicted molar refractivity (Wildman–Crippen MR) is 43.4 cm³/mol. The van der Waals surface area contributed by atoms with Crippen LogP contribution in [-0.2, 0) is 0 Å². The lowest BCUT2D eigenvalue weighted by Gasteiger charge is -2.28. The van der Waals surface area contributed by atoms with Gasteiger partial charge in [0.25, 0.3) is 0 Å². The van der Waals surface area contributed by atoms with Crippen molar-refractivity contribution in [2.45, 2.75) is 12.5 Å². The molecule has 1 aromatic rings. The molecule has 1 aliphatic heterocycles. The van der Waals surface area contributed by atoms with Crippen LogP contribution in [0.15, 0.2) is 18.2 Å². The Morgan fingerprint density at radius 3 is 2.83 bits per heavy atom. The maximum absolute atomic E-state index is 12.7. The second-order valence-corrected chi connectivity index (χ2v) is 3.00. The number of phenolic OH excluding ortho intramolecular Hbond substituents is 1. The van der Waals surface area contributed by atoms with Crippen LogP contribution >= 0.6 is 0 Å². The van der Waals surface area contributed by atoms with Gasteiger partial charge in [0.2, 0.25) is 0 Å². The molecule has 0 bridgehead atoms. The van der Waals surface area contributed by atoms with Crippen LogP contribution < -0.4 is 5.32 Å². The summed E-state index contributed by atoms with van der Waals surface area (Å²) in [6.45, 7) is 0.945. The van der Waals surface area contributed by atoms with Crippen molar-refractivity contribution < 1.29 is 9.50 Å². The Hall–Kier alpha value is -1.09. The van der Waals surface area contributed by atoms with Crippen LogP contribution in [0.4, 0.5) is 4.39 Å². The number of rotatable bonds is 1. The second-order valence-electron chi connectivity index (χ2n) is 3.00. The molecule has 0 aromatic heterocycles. The highest BCUT2D eigenvalue weighted by Crippen LogP contribution is 2.30. The van der Waals surface area contributed by atoms with Gasteiger partial charge in [-0.1, -0.05) is 0 Å². The van der Waals surface area contributed by atoms with Crippen LogP contribution in [0.1, 0.15) is 18.0 Å². The minimum absolute atomic E-state index is 0.140. The smallest absolute Gasteiger partial charge is 0.123 e. The van der Waals surface area contributed by atoms with Gasteiger partial charge in [-0.05, 0) is 31.2 Å². The van der Waals surface area contributed by atoms with Gasteiger partial charge in [-0.15, -0.1) is 0 Å². The minimum Gasteiger partial charge on any atom is -0.508 e. The van der Waals surface area contributed by atoms with Crippen LogP contribution in [0.3, 0.4) is 0 Å². The number of phenols is 1. The van der Waals surface area contributed by atoms with E-state index in [1.807, 2.05) is 0 Å². The summed E-state index contributed by atoms with van der Waals surface area (Å²) in [5, 5.41) is 12.5. The molecule has 12 heavy (non-hydrogen) atoms. The molecule has 1 fully saturated rings. The van der Waals surface area contributed by atoms with E-state index in [-0.39, 0.29) is 17.6 Å². The number of benzene rings is 1. The van der Waals surface area contributed by atoms with Crippen LogP contribution in [0.2, 0.25) is 0 Å². The van der Waals surface area contributed by atoms with E-state index in [9.17, 15) is 9.50 Å². The molecule has 0 amide bonds. The van der Waals surface area contributed by atoms with Gasteiger partial charge in [-0.2, -0.15) is 0 Å². The van der Waals surface area contributed by atoms with Crippen molar-refractivity contribution in [2.24, 2.45) is 0 Å². The van der Waals surface area contributed by atoms with E-state index in [0.717, 1.165) is 13.0 Å². The van der Waals surface area contributed by atoms with E-state index in [4.69, 9.17) is 0 Å². The first-order valence-corrected chi connectivity index (χ1v) is 3.99. The summed E-state index contributed by atoms with van der Waals surface area (Å²) in [7, 11) is 0. The lowest BCUT2D eigenvalue weighted by molar-refractivity contribution is 0.362. The number of hydrogen-bond acceptors (Lipinski definition) is 2. The number of hydrogen-bond donors (Lipinski definition) is 2. The van der Waals surface area contributed by atoms with Crippen molar-refractivity contribution in [1.82, 2.24) is 5.32 Å². The van der Waals surface area contributed by atoms with E-state index < -0.39 is 0 Å². The average Bonchev–Trinajstić information content (AvgIpc) is 1.93. The molecule has 0 saturated carbocycles. The third-order valence-corrected chi connectivity index (χ3v) is 2.19. The van der Waals surface area contributed by atoms with Crippen LogP contribution in [-0.4, -0.2) is 11.7 Å². The Kier molecular flexibility index (Phi) is 1.73. The van der Waals surface area contributed by atoms with Gasteiger partial charge in [0.1, 0.15) is 11.6 Å². The normalized spacial score (nSPS) is 21.9. The van der Waals surface area contributed by atoms with Crippen molar-refractivity contribution >= 4 is 0 Å². The lowest BCUT2D eigenvalue weighted by Crippen LogP contribution is -2.34. The standard InChI is InChI=1S/C9H10FNO/c10-6-1-2-9(12)7(5-6)8-3-4-11-8/h1-2,5,8,11-12H,3-4H2. The molecule has 1 atom stereocenters. The Bertz CT molecular complexity index is 297. The predicted octanol–water partition coefficient (Wildman–Crippen LogP) is 1.57. The summed E-state index contributed by atoms with van der Waals surface area (Å²) >= 11 is 0. The third-order valence-electron chi connectivity index (χ3n) is 2.19. The molecular formula is C9H10FNO. The fourth-order valence-electron chi connectivity index (χ4n) is 1.36. The van der Waals surface area contributed by atoms with Gasteiger partial charge in [-0.25, -0.2) is 4.39 Å². The maximum Gasteiger partial charge on any atom is 0.123 e. The zero-order chi connectivity index (χ0) is 8.55. The molecule has 1 heterocycles. The van der Waals surface area contributed by atoms with E-state index in [1.165, 1.54) is 18.2 Å². The third kappa shape index (κ3) is 1.16. The molecule has 1 saturated heterocycles.